The van der Waals surface area contributed by atoms with Gasteiger partial charge in [-0.05, 0) is 18.4 Å². The predicted molar refractivity (Wildman–Crippen MR) is 128 cm³/mol. The zero-order chi connectivity index (χ0) is 22.9. The fraction of sp³-hybridized carbons (Fsp3) is 0.304. The van der Waals surface area contributed by atoms with Crippen molar-refractivity contribution in [3.05, 3.63) is 73.8 Å². The Morgan fingerprint density at radius 3 is 1.88 bits per heavy atom. The van der Waals surface area contributed by atoms with E-state index in [1.165, 1.54) is 32.7 Å². The van der Waals surface area contributed by atoms with E-state index in [-0.39, 0.29) is 11.1 Å². The number of aromatic hydroxyl groups is 2. The normalized spacial score (nSPS) is 15.5. The second kappa shape index (κ2) is 9.11. The van der Waals surface area contributed by atoms with E-state index in [9.17, 15) is 19.8 Å². The van der Waals surface area contributed by atoms with Crippen LogP contribution in [0.15, 0.2) is 56.3 Å². The maximum Gasteiger partial charge on any atom is 0.262 e. The van der Waals surface area contributed by atoms with E-state index >= 15 is 0 Å². The molecule has 0 amide bonds. The SMILES string of the molecule is O=c1c(C(/C=C/c2ccccc2)c2c(O)nc3n(c2=O)CCCS3)c(O)nc2n1CCCS2. The number of thioether (sulfide) groups is 2. The van der Waals surface area contributed by atoms with Crippen LogP contribution in [0.2, 0.25) is 0 Å². The van der Waals surface area contributed by atoms with Crippen LogP contribution >= 0.6 is 23.5 Å². The van der Waals surface area contributed by atoms with Crippen molar-refractivity contribution in [1.29, 1.82) is 0 Å². The number of benzene rings is 1. The highest BCUT2D eigenvalue weighted by Gasteiger charge is 2.31. The highest BCUT2D eigenvalue weighted by Crippen LogP contribution is 2.35. The van der Waals surface area contributed by atoms with Crippen LogP contribution in [0.25, 0.3) is 6.08 Å². The van der Waals surface area contributed by atoms with Gasteiger partial charge in [0.05, 0.1) is 11.1 Å². The number of hydrogen-bond acceptors (Lipinski definition) is 8. The quantitative estimate of drug-likeness (QED) is 0.546. The van der Waals surface area contributed by atoms with Crippen molar-refractivity contribution in [2.75, 3.05) is 11.5 Å². The lowest BCUT2D eigenvalue weighted by atomic mass is 9.92. The molecule has 0 saturated carbocycles. The van der Waals surface area contributed by atoms with Gasteiger partial charge < -0.3 is 10.2 Å². The molecule has 0 unspecified atom stereocenters. The van der Waals surface area contributed by atoms with Crippen molar-refractivity contribution in [3.8, 4) is 11.8 Å². The van der Waals surface area contributed by atoms with Gasteiger partial charge in [-0.15, -0.1) is 0 Å². The molecule has 0 saturated heterocycles. The number of fused-ring (bicyclic) bond motifs is 2. The molecule has 0 bridgehead atoms. The maximum absolute atomic E-state index is 13.5. The molecule has 3 aromatic rings. The first-order valence-corrected chi connectivity index (χ1v) is 12.7. The van der Waals surface area contributed by atoms with E-state index in [0.717, 1.165) is 29.9 Å². The second-order valence-corrected chi connectivity index (χ2v) is 9.95. The highest BCUT2D eigenvalue weighted by atomic mass is 32.2. The highest BCUT2D eigenvalue weighted by molar-refractivity contribution is 7.99. The summed E-state index contributed by atoms with van der Waals surface area (Å²) in [6.45, 7) is 0.973. The van der Waals surface area contributed by atoms with Gasteiger partial charge in [0, 0.05) is 30.5 Å². The smallest absolute Gasteiger partial charge is 0.262 e. The Morgan fingerprint density at radius 1 is 0.848 bits per heavy atom. The molecule has 0 fully saturated rings. The molecule has 0 aliphatic carbocycles. The molecule has 2 N–H and O–H groups in total. The van der Waals surface area contributed by atoms with Crippen LogP contribution in [0.4, 0.5) is 0 Å². The van der Waals surface area contributed by atoms with Gasteiger partial charge >= 0.3 is 0 Å². The van der Waals surface area contributed by atoms with Crippen LogP contribution in [0, 0.1) is 0 Å². The molecule has 4 heterocycles. The Balaban J connectivity index is 1.74. The Hall–Kier alpha value is -2.98. The largest absolute Gasteiger partial charge is 0.493 e. The molecule has 2 aliphatic heterocycles. The molecule has 0 atom stereocenters. The van der Waals surface area contributed by atoms with Gasteiger partial charge in [-0.25, -0.2) is 0 Å². The molecule has 2 aliphatic rings. The summed E-state index contributed by atoms with van der Waals surface area (Å²) in [5, 5.41) is 22.5. The minimum Gasteiger partial charge on any atom is -0.493 e. The van der Waals surface area contributed by atoms with E-state index in [1.54, 1.807) is 12.2 Å². The first-order valence-electron chi connectivity index (χ1n) is 10.7. The predicted octanol–water partition coefficient (Wildman–Crippen LogP) is 3.05. The molecule has 0 spiro atoms. The Labute approximate surface area is 198 Å². The van der Waals surface area contributed by atoms with Gasteiger partial charge in [0.2, 0.25) is 11.8 Å². The van der Waals surface area contributed by atoms with E-state index in [0.29, 0.717) is 23.4 Å². The van der Waals surface area contributed by atoms with E-state index in [2.05, 4.69) is 9.97 Å². The molecule has 1 aromatic carbocycles. The van der Waals surface area contributed by atoms with Crippen LogP contribution < -0.4 is 11.1 Å². The summed E-state index contributed by atoms with van der Waals surface area (Å²) >= 11 is 2.82. The molecular formula is C23H22N4O4S2. The lowest BCUT2D eigenvalue weighted by Gasteiger charge is -2.23. The first kappa shape index (κ1) is 21.8. The third kappa shape index (κ3) is 4.08. The van der Waals surface area contributed by atoms with Crippen molar-refractivity contribution in [2.24, 2.45) is 0 Å². The summed E-state index contributed by atoms with van der Waals surface area (Å²) in [6.07, 6.45) is 5.02. The Kier molecular flexibility index (Phi) is 6.03. The van der Waals surface area contributed by atoms with Gasteiger partial charge in [-0.1, -0.05) is 66.0 Å². The van der Waals surface area contributed by atoms with Crippen molar-refractivity contribution in [1.82, 2.24) is 19.1 Å². The summed E-state index contributed by atoms with van der Waals surface area (Å²) in [5.74, 6) is -0.244. The van der Waals surface area contributed by atoms with Gasteiger partial charge in [0.1, 0.15) is 0 Å². The summed E-state index contributed by atoms with van der Waals surface area (Å²) in [6, 6.07) is 9.42. The molecular weight excluding hydrogens is 460 g/mol. The topological polar surface area (TPSA) is 110 Å². The monoisotopic (exact) mass is 482 g/mol. The minimum absolute atomic E-state index is 0.0355. The lowest BCUT2D eigenvalue weighted by molar-refractivity contribution is 0.407. The van der Waals surface area contributed by atoms with Crippen LogP contribution in [0.1, 0.15) is 35.4 Å². The zero-order valence-electron chi connectivity index (χ0n) is 17.7. The Bertz CT molecular complexity index is 1270. The van der Waals surface area contributed by atoms with Gasteiger partial charge in [0.15, 0.2) is 10.3 Å². The molecule has 2 aromatic heterocycles. The van der Waals surface area contributed by atoms with Crippen molar-refractivity contribution in [2.45, 2.75) is 42.2 Å². The first-order chi connectivity index (χ1) is 16.0. The summed E-state index contributed by atoms with van der Waals surface area (Å²) in [4.78, 5) is 35.5. The molecule has 0 radical (unpaired) electrons. The van der Waals surface area contributed by atoms with Gasteiger partial charge in [-0.3, -0.25) is 18.7 Å². The van der Waals surface area contributed by atoms with Gasteiger partial charge in [-0.2, -0.15) is 9.97 Å². The zero-order valence-corrected chi connectivity index (χ0v) is 19.3. The fourth-order valence-corrected chi connectivity index (χ4v) is 5.99. The number of nitrogens with zero attached hydrogens (tertiary/aromatic N) is 4. The van der Waals surface area contributed by atoms with Crippen LogP contribution in [0.5, 0.6) is 11.8 Å². The maximum atomic E-state index is 13.5. The van der Waals surface area contributed by atoms with Crippen LogP contribution in [-0.4, -0.2) is 40.8 Å². The minimum atomic E-state index is -1.01. The average Bonchev–Trinajstić information content (AvgIpc) is 2.82. The molecule has 170 valence electrons. The van der Waals surface area contributed by atoms with Crippen molar-refractivity contribution < 1.29 is 10.2 Å². The molecule has 8 nitrogen and oxygen atoms in total. The lowest BCUT2D eigenvalue weighted by Crippen LogP contribution is -2.34. The molecule has 10 heteroatoms. The van der Waals surface area contributed by atoms with Crippen molar-refractivity contribution in [3.63, 3.8) is 0 Å². The summed E-state index contributed by atoms with van der Waals surface area (Å²) in [7, 11) is 0. The third-order valence-corrected chi connectivity index (χ3v) is 7.84. The summed E-state index contributed by atoms with van der Waals surface area (Å²) in [5.41, 5.74) is -0.0467. The van der Waals surface area contributed by atoms with Gasteiger partial charge in [0.25, 0.3) is 11.1 Å². The number of rotatable bonds is 4. The van der Waals surface area contributed by atoms with E-state index in [1.807, 2.05) is 30.3 Å². The number of allylic oxidation sites excluding steroid dienone is 1. The number of hydrogen-bond donors (Lipinski definition) is 2. The van der Waals surface area contributed by atoms with Crippen LogP contribution in [0.3, 0.4) is 0 Å². The summed E-state index contributed by atoms with van der Waals surface area (Å²) < 4.78 is 3.06. The Morgan fingerprint density at radius 2 is 1.36 bits per heavy atom. The third-order valence-electron chi connectivity index (χ3n) is 5.71. The van der Waals surface area contributed by atoms with E-state index in [4.69, 9.17) is 0 Å². The van der Waals surface area contributed by atoms with E-state index < -0.39 is 28.8 Å². The second-order valence-electron chi connectivity index (χ2n) is 7.83. The van der Waals surface area contributed by atoms with Crippen molar-refractivity contribution >= 4 is 29.6 Å². The number of aromatic nitrogens is 4. The molecule has 5 rings (SSSR count). The standard InChI is InChI=1S/C23H22N4O4S2/c28-18-16(20(30)26-10-4-12-32-22(26)24-18)15(9-8-14-6-2-1-3-7-14)17-19(29)25-23-27(21(17)31)11-5-13-33-23/h1-3,6-9,15,28-29H,4-5,10-13H2/b9-8+. The average molecular weight is 483 g/mol. The van der Waals surface area contributed by atoms with Crippen LogP contribution in [-0.2, 0) is 13.1 Å². The molecule has 33 heavy (non-hydrogen) atoms. The fourth-order valence-electron chi connectivity index (χ4n) is 4.12.